The zero-order valence-corrected chi connectivity index (χ0v) is 18.2. The number of nitrogens with one attached hydrogen (secondary N) is 1. The highest BCUT2D eigenvalue weighted by molar-refractivity contribution is 6.04. The van der Waals surface area contributed by atoms with Crippen molar-refractivity contribution >= 4 is 17.5 Å². The van der Waals surface area contributed by atoms with Gasteiger partial charge in [0.1, 0.15) is 11.5 Å². The van der Waals surface area contributed by atoms with Gasteiger partial charge >= 0.3 is 0 Å². The van der Waals surface area contributed by atoms with Gasteiger partial charge in [0.05, 0.1) is 11.6 Å². The van der Waals surface area contributed by atoms with Crippen LogP contribution in [0, 0.1) is 23.1 Å². The molecule has 2 aromatic carbocycles. The molecule has 3 heterocycles. The molecule has 1 aromatic heterocycles. The lowest BCUT2D eigenvalue weighted by Gasteiger charge is -2.43. The van der Waals surface area contributed by atoms with Crippen LogP contribution in [-0.2, 0) is 6.54 Å². The van der Waals surface area contributed by atoms with E-state index >= 15 is 0 Å². The van der Waals surface area contributed by atoms with E-state index in [9.17, 15) is 18.8 Å². The highest BCUT2D eigenvalue weighted by Crippen LogP contribution is 2.36. The summed E-state index contributed by atoms with van der Waals surface area (Å²) in [5.74, 6) is -0.834. The summed E-state index contributed by atoms with van der Waals surface area (Å²) in [5, 5.41) is 11.6. The quantitative estimate of drug-likeness (QED) is 0.654. The minimum absolute atomic E-state index is 0.00729. The summed E-state index contributed by atoms with van der Waals surface area (Å²) < 4.78 is 14.9. The number of nitriles is 1. The first-order chi connectivity index (χ1) is 16.4. The number of likely N-dealkylation sites (tertiary alicyclic amines) is 1. The Morgan fingerprint density at radius 2 is 1.65 bits per heavy atom. The van der Waals surface area contributed by atoms with Crippen LogP contribution in [0.25, 0.3) is 0 Å². The molecular formula is C26H21FN4O3. The van der Waals surface area contributed by atoms with Crippen LogP contribution < -0.4 is 10.9 Å². The summed E-state index contributed by atoms with van der Waals surface area (Å²) in [6, 6.07) is 17.2. The molecule has 1 fully saturated rings. The van der Waals surface area contributed by atoms with Crippen molar-refractivity contribution in [3.8, 4) is 6.07 Å². The van der Waals surface area contributed by atoms with Crippen LogP contribution >= 0.6 is 0 Å². The van der Waals surface area contributed by atoms with Crippen LogP contribution in [-0.4, -0.2) is 34.4 Å². The largest absolute Gasteiger partial charge is 0.338 e. The summed E-state index contributed by atoms with van der Waals surface area (Å²) in [6.07, 6.45) is 0.879. The molecule has 34 heavy (non-hydrogen) atoms. The minimum Gasteiger partial charge on any atom is -0.338 e. The SMILES string of the molecule is N#Cc1ccc(C(=O)Nc2ccc3n(c2=O)CC2CC3CN(C(=O)c3ccc(F)cc3)C2)cc1. The molecule has 3 aromatic rings. The number of halogens is 1. The van der Waals surface area contributed by atoms with Crippen LogP contribution in [0.15, 0.2) is 65.5 Å². The van der Waals surface area contributed by atoms with E-state index in [1.165, 1.54) is 24.3 Å². The lowest BCUT2D eigenvalue weighted by Crippen LogP contribution is -2.49. The van der Waals surface area contributed by atoms with E-state index in [0.29, 0.717) is 36.3 Å². The summed E-state index contributed by atoms with van der Waals surface area (Å²) in [7, 11) is 0. The van der Waals surface area contributed by atoms with Gasteiger partial charge in [-0.05, 0) is 73.0 Å². The number of carbonyl (C=O) groups is 2. The number of carbonyl (C=O) groups excluding carboxylic acids is 2. The molecule has 2 atom stereocenters. The molecule has 2 aliphatic rings. The van der Waals surface area contributed by atoms with Gasteiger partial charge in [0.2, 0.25) is 0 Å². The molecule has 5 rings (SSSR count). The van der Waals surface area contributed by atoms with E-state index in [4.69, 9.17) is 5.26 Å². The number of anilines is 1. The molecule has 0 saturated carbocycles. The molecule has 1 N–H and O–H groups in total. The van der Waals surface area contributed by atoms with Crippen molar-refractivity contribution in [2.24, 2.45) is 5.92 Å². The smallest absolute Gasteiger partial charge is 0.274 e. The molecule has 2 aliphatic heterocycles. The standard InChI is InChI=1S/C26H21FN4O3/c27-21-7-5-19(6-8-21)25(33)30-13-17-11-20(15-30)23-10-9-22(26(34)31(23)14-17)29-24(32)18-3-1-16(12-28)2-4-18/h1-10,17,20H,11,13-15H2,(H,29,32). The molecule has 1 saturated heterocycles. The number of nitrogens with zero attached hydrogens (tertiary/aromatic N) is 3. The summed E-state index contributed by atoms with van der Waals surface area (Å²) in [5.41, 5.74) is 2.01. The Balaban J connectivity index is 1.36. The lowest BCUT2D eigenvalue weighted by atomic mass is 9.83. The van der Waals surface area contributed by atoms with Crippen LogP contribution in [0.3, 0.4) is 0 Å². The van der Waals surface area contributed by atoms with Gasteiger partial charge in [0, 0.05) is 42.4 Å². The predicted molar refractivity (Wildman–Crippen MR) is 123 cm³/mol. The second-order valence-electron chi connectivity index (χ2n) is 8.75. The van der Waals surface area contributed by atoms with Gasteiger partial charge in [0.15, 0.2) is 0 Å². The second-order valence-corrected chi connectivity index (χ2v) is 8.75. The number of aromatic nitrogens is 1. The van der Waals surface area contributed by atoms with Gasteiger partial charge in [-0.3, -0.25) is 14.4 Å². The molecule has 2 unspecified atom stereocenters. The molecule has 170 valence electrons. The predicted octanol–water partition coefficient (Wildman–Crippen LogP) is 3.37. The second kappa shape index (κ2) is 8.60. The maximum Gasteiger partial charge on any atom is 0.274 e. The average Bonchev–Trinajstić information content (AvgIpc) is 2.86. The number of hydrogen-bond acceptors (Lipinski definition) is 4. The number of benzene rings is 2. The average molecular weight is 456 g/mol. The highest BCUT2D eigenvalue weighted by Gasteiger charge is 2.37. The Bertz CT molecular complexity index is 1370. The van der Waals surface area contributed by atoms with Crippen LogP contribution in [0.4, 0.5) is 10.1 Å². The van der Waals surface area contributed by atoms with Gasteiger partial charge in [-0.15, -0.1) is 0 Å². The number of hydrogen-bond donors (Lipinski definition) is 1. The minimum atomic E-state index is -0.422. The van der Waals surface area contributed by atoms with E-state index < -0.39 is 5.91 Å². The van der Waals surface area contributed by atoms with Crippen molar-refractivity contribution < 1.29 is 14.0 Å². The molecule has 2 bridgehead atoms. The van der Waals surface area contributed by atoms with E-state index in [-0.39, 0.29) is 34.8 Å². The molecule has 7 nitrogen and oxygen atoms in total. The van der Waals surface area contributed by atoms with Gasteiger partial charge < -0.3 is 14.8 Å². The molecular weight excluding hydrogens is 435 g/mol. The number of rotatable bonds is 3. The fourth-order valence-corrected chi connectivity index (χ4v) is 4.87. The Morgan fingerprint density at radius 1 is 0.941 bits per heavy atom. The van der Waals surface area contributed by atoms with E-state index in [0.717, 1.165) is 12.1 Å². The Labute approximate surface area is 195 Å². The molecule has 0 radical (unpaired) electrons. The van der Waals surface area contributed by atoms with Crippen LogP contribution in [0.2, 0.25) is 0 Å². The van der Waals surface area contributed by atoms with E-state index in [2.05, 4.69) is 5.32 Å². The van der Waals surface area contributed by atoms with Crippen molar-refractivity contribution in [3.63, 3.8) is 0 Å². The summed E-state index contributed by atoms with van der Waals surface area (Å²) in [4.78, 5) is 40.5. The Hall–Kier alpha value is -4.25. The number of piperidine rings is 1. The van der Waals surface area contributed by atoms with Crippen LogP contribution in [0.1, 0.15) is 44.3 Å². The maximum atomic E-state index is 13.2. The third-order valence-electron chi connectivity index (χ3n) is 6.51. The first-order valence-electron chi connectivity index (χ1n) is 11.0. The van der Waals surface area contributed by atoms with E-state index in [1.807, 2.05) is 12.1 Å². The summed E-state index contributed by atoms with van der Waals surface area (Å²) >= 11 is 0. The monoisotopic (exact) mass is 456 g/mol. The van der Waals surface area contributed by atoms with Gasteiger partial charge in [-0.1, -0.05) is 0 Å². The first kappa shape index (κ1) is 21.6. The topological polar surface area (TPSA) is 95.2 Å². The number of pyridine rings is 1. The molecule has 2 amide bonds. The molecule has 8 heteroatoms. The third-order valence-corrected chi connectivity index (χ3v) is 6.51. The highest BCUT2D eigenvalue weighted by atomic mass is 19.1. The molecule has 0 spiro atoms. The lowest BCUT2D eigenvalue weighted by molar-refractivity contribution is 0.0594. The van der Waals surface area contributed by atoms with Crippen LogP contribution in [0.5, 0.6) is 0 Å². The van der Waals surface area contributed by atoms with Gasteiger partial charge in [-0.2, -0.15) is 5.26 Å². The zero-order valence-electron chi connectivity index (χ0n) is 18.2. The zero-order chi connectivity index (χ0) is 23.8. The van der Waals surface area contributed by atoms with Gasteiger partial charge in [0.25, 0.3) is 17.4 Å². The number of amides is 2. The number of fused-ring (bicyclic) bond motifs is 4. The van der Waals surface area contributed by atoms with Crippen molar-refractivity contribution in [2.45, 2.75) is 18.9 Å². The van der Waals surface area contributed by atoms with E-state index in [1.54, 1.807) is 39.8 Å². The fourth-order valence-electron chi connectivity index (χ4n) is 4.87. The normalized spacial score (nSPS) is 18.5. The fraction of sp³-hybridized carbons (Fsp3) is 0.231. The van der Waals surface area contributed by atoms with Crippen molar-refractivity contribution in [1.82, 2.24) is 9.47 Å². The maximum absolute atomic E-state index is 13.2. The van der Waals surface area contributed by atoms with Crippen molar-refractivity contribution in [2.75, 3.05) is 18.4 Å². The van der Waals surface area contributed by atoms with Gasteiger partial charge in [-0.25, -0.2) is 4.39 Å². The van der Waals surface area contributed by atoms with Crippen molar-refractivity contribution in [1.29, 1.82) is 5.26 Å². The first-order valence-corrected chi connectivity index (χ1v) is 11.0. The Kier molecular flexibility index (Phi) is 5.46. The van der Waals surface area contributed by atoms with Crippen molar-refractivity contribution in [3.05, 3.63) is 99.2 Å². The molecule has 0 aliphatic carbocycles. The summed E-state index contributed by atoms with van der Waals surface area (Å²) in [6.45, 7) is 1.45. The Morgan fingerprint density at radius 3 is 2.35 bits per heavy atom. The third kappa shape index (κ3) is 3.97.